The van der Waals surface area contributed by atoms with Crippen LogP contribution in [0.5, 0.6) is 0 Å². The van der Waals surface area contributed by atoms with E-state index in [0.717, 1.165) is 18.5 Å². The Morgan fingerprint density at radius 3 is 2.29 bits per heavy atom. The smallest absolute Gasteiger partial charge is 0.179 e. The molecule has 0 aliphatic rings. The highest BCUT2D eigenvalue weighted by atomic mass is 16.1. The Bertz CT molecular complexity index is 574. The van der Waals surface area contributed by atoms with Crippen molar-refractivity contribution < 1.29 is 4.79 Å². The van der Waals surface area contributed by atoms with E-state index in [1.807, 2.05) is 51.2 Å². The van der Waals surface area contributed by atoms with Crippen molar-refractivity contribution in [3.63, 3.8) is 0 Å². The van der Waals surface area contributed by atoms with Gasteiger partial charge < -0.3 is 0 Å². The van der Waals surface area contributed by atoms with Crippen molar-refractivity contribution in [1.82, 2.24) is 4.90 Å². The van der Waals surface area contributed by atoms with Gasteiger partial charge in [0, 0.05) is 12.1 Å². The molecular weight excluding hydrogens is 258 g/mol. The fourth-order valence-electron chi connectivity index (χ4n) is 2.30. The van der Waals surface area contributed by atoms with E-state index in [9.17, 15) is 4.79 Å². The van der Waals surface area contributed by atoms with E-state index >= 15 is 0 Å². The minimum absolute atomic E-state index is 0.101. The third-order valence-electron chi connectivity index (χ3n) is 3.97. The molecule has 0 N–H and O–H groups in total. The van der Waals surface area contributed by atoms with E-state index in [-0.39, 0.29) is 11.8 Å². The Labute approximate surface area is 127 Å². The molecule has 0 saturated carbocycles. The van der Waals surface area contributed by atoms with Crippen LogP contribution in [0.15, 0.2) is 54.6 Å². The molecule has 0 bridgehead atoms. The summed E-state index contributed by atoms with van der Waals surface area (Å²) in [7, 11) is 2.01. The lowest BCUT2D eigenvalue weighted by molar-refractivity contribution is 0.0870. The summed E-state index contributed by atoms with van der Waals surface area (Å²) in [4.78, 5) is 14.6. The number of rotatable bonds is 6. The quantitative estimate of drug-likeness (QED) is 0.752. The monoisotopic (exact) mass is 281 g/mol. The highest BCUT2D eigenvalue weighted by molar-refractivity contribution is 5.99. The first-order valence-corrected chi connectivity index (χ1v) is 7.43. The lowest BCUT2D eigenvalue weighted by atomic mass is 10.0. The van der Waals surface area contributed by atoms with Gasteiger partial charge in [0.1, 0.15) is 0 Å². The van der Waals surface area contributed by atoms with E-state index in [2.05, 4.69) is 29.2 Å². The van der Waals surface area contributed by atoms with Crippen LogP contribution in [-0.2, 0) is 6.42 Å². The Balaban J connectivity index is 1.93. The first kappa shape index (κ1) is 15.5. The van der Waals surface area contributed by atoms with Crippen LogP contribution >= 0.6 is 0 Å². The molecule has 1 atom stereocenters. The van der Waals surface area contributed by atoms with Gasteiger partial charge in [0.05, 0.1) is 6.04 Å². The number of hydrogen-bond donors (Lipinski definition) is 0. The fraction of sp³-hybridized carbons (Fsp3) is 0.316. The predicted octanol–water partition coefficient (Wildman–Crippen LogP) is 3.74. The average molecular weight is 281 g/mol. The first-order chi connectivity index (χ1) is 10.1. The Morgan fingerprint density at radius 2 is 1.67 bits per heavy atom. The van der Waals surface area contributed by atoms with E-state index in [1.165, 1.54) is 11.1 Å². The van der Waals surface area contributed by atoms with Crippen molar-refractivity contribution in [3.05, 3.63) is 71.3 Å². The number of hydrogen-bond acceptors (Lipinski definition) is 2. The molecule has 1 unspecified atom stereocenters. The number of nitrogens with zero attached hydrogens (tertiary/aromatic N) is 1. The molecule has 2 rings (SSSR count). The molecule has 110 valence electrons. The van der Waals surface area contributed by atoms with Crippen LogP contribution in [0.1, 0.15) is 28.4 Å². The molecular formula is C19H23NO. The van der Waals surface area contributed by atoms with Gasteiger partial charge in [0.15, 0.2) is 5.78 Å². The molecule has 0 fully saturated rings. The zero-order chi connectivity index (χ0) is 15.2. The number of benzene rings is 2. The van der Waals surface area contributed by atoms with E-state index in [1.54, 1.807) is 0 Å². The molecule has 2 aromatic rings. The summed E-state index contributed by atoms with van der Waals surface area (Å²) in [5, 5.41) is 0. The second kappa shape index (κ2) is 7.19. The number of likely N-dealkylation sites (N-methyl/N-ethyl adjacent to an activating group) is 1. The van der Waals surface area contributed by atoms with Gasteiger partial charge in [0.25, 0.3) is 0 Å². The molecule has 21 heavy (non-hydrogen) atoms. The van der Waals surface area contributed by atoms with Gasteiger partial charge in [-0.3, -0.25) is 9.69 Å². The zero-order valence-electron chi connectivity index (χ0n) is 13.0. The maximum Gasteiger partial charge on any atom is 0.179 e. The van der Waals surface area contributed by atoms with Gasteiger partial charge in [-0.1, -0.05) is 60.2 Å². The zero-order valence-corrected chi connectivity index (χ0v) is 13.0. The van der Waals surface area contributed by atoms with Crippen LogP contribution in [-0.4, -0.2) is 30.3 Å². The fourth-order valence-corrected chi connectivity index (χ4v) is 2.30. The van der Waals surface area contributed by atoms with Gasteiger partial charge in [-0.05, 0) is 32.9 Å². The van der Waals surface area contributed by atoms with Gasteiger partial charge in [-0.15, -0.1) is 0 Å². The van der Waals surface area contributed by atoms with Crippen LogP contribution in [0.4, 0.5) is 0 Å². The van der Waals surface area contributed by atoms with Crippen molar-refractivity contribution in [2.45, 2.75) is 26.3 Å². The summed E-state index contributed by atoms with van der Waals surface area (Å²) in [6.45, 7) is 4.89. The highest BCUT2D eigenvalue weighted by Gasteiger charge is 2.19. The molecule has 0 saturated heterocycles. The standard InChI is InChI=1S/C19H23NO/c1-15-9-11-18(12-10-15)19(21)16(2)20(3)14-13-17-7-5-4-6-8-17/h4-12,16H,13-14H2,1-3H3. The second-order valence-corrected chi connectivity index (χ2v) is 5.62. The van der Waals surface area contributed by atoms with Gasteiger partial charge in [0.2, 0.25) is 0 Å². The van der Waals surface area contributed by atoms with E-state index in [0.29, 0.717) is 0 Å². The SMILES string of the molecule is Cc1ccc(C(=O)C(C)N(C)CCc2ccccc2)cc1. The van der Waals surface area contributed by atoms with Crippen LogP contribution in [0.2, 0.25) is 0 Å². The van der Waals surface area contributed by atoms with Crippen LogP contribution in [0.25, 0.3) is 0 Å². The van der Waals surface area contributed by atoms with Crippen molar-refractivity contribution >= 4 is 5.78 Å². The Hall–Kier alpha value is -1.93. The summed E-state index contributed by atoms with van der Waals surface area (Å²) in [6, 6.07) is 18.1. The predicted molar refractivity (Wildman–Crippen MR) is 87.7 cm³/mol. The normalized spacial score (nSPS) is 12.4. The van der Waals surface area contributed by atoms with E-state index < -0.39 is 0 Å². The lowest BCUT2D eigenvalue weighted by Gasteiger charge is -2.23. The van der Waals surface area contributed by atoms with Crippen molar-refractivity contribution in [2.75, 3.05) is 13.6 Å². The summed E-state index contributed by atoms with van der Waals surface area (Å²) in [5.41, 5.74) is 3.27. The summed E-state index contributed by atoms with van der Waals surface area (Å²) in [6.07, 6.45) is 0.961. The summed E-state index contributed by atoms with van der Waals surface area (Å²) >= 11 is 0. The first-order valence-electron chi connectivity index (χ1n) is 7.43. The Morgan fingerprint density at radius 1 is 1.05 bits per heavy atom. The third-order valence-corrected chi connectivity index (χ3v) is 3.97. The minimum Gasteiger partial charge on any atom is -0.296 e. The van der Waals surface area contributed by atoms with Crippen molar-refractivity contribution in [1.29, 1.82) is 0 Å². The highest BCUT2D eigenvalue weighted by Crippen LogP contribution is 2.10. The van der Waals surface area contributed by atoms with Crippen LogP contribution < -0.4 is 0 Å². The van der Waals surface area contributed by atoms with Crippen LogP contribution in [0, 0.1) is 6.92 Å². The number of carbonyl (C=O) groups is 1. The van der Waals surface area contributed by atoms with Gasteiger partial charge in [-0.25, -0.2) is 0 Å². The number of carbonyl (C=O) groups excluding carboxylic acids is 1. The Kier molecular flexibility index (Phi) is 5.29. The molecule has 0 aromatic heterocycles. The van der Waals surface area contributed by atoms with Crippen molar-refractivity contribution in [2.24, 2.45) is 0 Å². The van der Waals surface area contributed by atoms with Gasteiger partial charge >= 0.3 is 0 Å². The molecule has 2 heteroatoms. The van der Waals surface area contributed by atoms with Crippen LogP contribution in [0.3, 0.4) is 0 Å². The molecule has 0 spiro atoms. The number of ketones is 1. The third kappa shape index (κ3) is 4.27. The molecule has 2 nitrogen and oxygen atoms in total. The molecule has 0 amide bonds. The van der Waals surface area contributed by atoms with Crippen molar-refractivity contribution in [3.8, 4) is 0 Å². The average Bonchev–Trinajstić information content (AvgIpc) is 2.53. The molecule has 2 aromatic carbocycles. The molecule has 0 aliphatic carbocycles. The summed E-state index contributed by atoms with van der Waals surface area (Å²) < 4.78 is 0. The second-order valence-electron chi connectivity index (χ2n) is 5.62. The largest absolute Gasteiger partial charge is 0.296 e. The van der Waals surface area contributed by atoms with Gasteiger partial charge in [-0.2, -0.15) is 0 Å². The molecule has 0 aliphatic heterocycles. The topological polar surface area (TPSA) is 20.3 Å². The van der Waals surface area contributed by atoms with E-state index in [4.69, 9.17) is 0 Å². The summed E-state index contributed by atoms with van der Waals surface area (Å²) in [5.74, 6) is 0.186. The maximum absolute atomic E-state index is 12.5. The number of Topliss-reactive ketones (excluding diaryl/α,β-unsaturated/α-hetero) is 1. The molecule has 0 heterocycles. The minimum atomic E-state index is -0.101. The maximum atomic E-state index is 12.5. The number of aryl methyl sites for hydroxylation is 1. The lowest BCUT2D eigenvalue weighted by Crippen LogP contribution is -2.37. The molecule has 0 radical (unpaired) electrons.